The van der Waals surface area contributed by atoms with Crippen molar-refractivity contribution in [1.29, 1.82) is 0 Å². The van der Waals surface area contributed by atoms with E-state index in [2.05, 4.69) is 91.2 Å². The number of likely N-dealkylation sites (tertiary alicyclic amines) is 1. The molecule has 1 saturated heterocycles. The SMILES string of the molecule is CNCCC(C)N1CCc2ccc(C3CCCN(C(C)Cc4ccc5c(c4)CN(C(C)C)C5)CC3)cc21. The van der Waals surface area contributed by atoms with Gasteiger partial charge in [-0.1, -0.05) is 30.3 Å². The summed E-state index contributed by atoms with van der Waals surface area (Å²) in [5.74, 6) is 0.694. The van der Waals surface area contributed by atoms with Crippen LogP contribution in [0, 0.1) is 0 Å². The van der Waals surface area contributed by atoms with Gasteiger partial charge in [-0.3, -0.25) is 4.90 Å². The molecule has 3 aliphatic heterocycles. The number of hydrogen-bond acceptors (Lipinski definition) is 4. The summed E-state index contributed by atoms with van der Waals surface area (Å²) in [7, 11) is 2.06. The first kappa shape index (κ1) is 26.7. The van der Waals surface area contributed by atoms with E-state index < -0.39 is 0 Å². The van der Waals surface area contributed by atoms with E-state index in [4.69, 9.17) is 0 Å². The fourth-order valence-electron chi connectivity index (χ4n) is 6.97. The second-order valence-corrected chi connectivity index (χ2v) is 12.4. The van der Waals surface area contributed by atoms with Crippen LogP contribution in [0.5, 0.6) is 0 Å². The van der Waals surface area contributed by atoms with Crippen LogP contribution < -0.4 is 10.2 Å². The quantitative estimate of drug-likeness (QED) is 0.456. The normalized spacial score (nSPS) is 22.2. The van der Waals surface area contributed by atoms with Crippen LogP contribution >= 0.6 is 0 Å². The van der Waals surface area contributed by atoms with Gasteiger partial charge in [-0.2, -0.15) is 0 Å². The Morgan fingerprint density at radius 2 is 1.65 bits per heavy atom. The zero-order chi connectivity index (χ0) is 25.9. The third-order valence-electron chi connectivity index (χ3n) is 9.52. The average molecular weight is 503 g/mol. The van der Waals surface area contributed by atoms with Gasteiger partial charge in [-0.05, 0) is 133 Å². The van der Waals surface area contributed by atoms with Gasteiger partial charge >= 0.3 is 0 Å². The highest BCUT2D eigenvalue weighted by atomic mass is 15.2. The topological polar surface area (TPSA) is 21.8 Å². The molecule has 0 aromatic heterocycles. The smallest absolute Gasteiger partial charge is 0.0404 e. The fraction of sp³-hybridized carbons (Fsp3) is 0.636. The Bertz CT molecular complexity index is 1050. The van der Waals surface area contributed by atoms with Crippen molar-refractivity contribution in [2.24, 2.45) is 0 Å². The van der Waals surface area contributed by atoms with Crippen LogP contribution in [-0.2, 0) is 25.9 Å². The number of fused-ring (bicyclic) bond motifs is 2. The predicted octanol–water partition coefficient (Wildman–Crippen LogP) is 5.97. The summed E-state index contributed by atoms with van der Waals surface area (Å²) < 4.78 is 0. The third-order valence-corrected chi connectivity index (χ3v) is 9.52. The van der Waals surface area contributed by atoms with Gasteiger partial charge in [0.1, 0.15) is 0 Å². The highest BCUT2D eigenvalue weighted by molar-refractivity contribution is 5.60. The van der Waals surface area contributed by atoms with Crippen molar-refractivity contribution in [1.82, 2.24) is 15.1 Å². The lowest BCUT2D eigenvalue weighted by Gasteiger charge is -2.29. The highest BCUT2D eigenvalue weighted by Gasteiger charge is 2.27. The maximum absolute atomic E-state index is 3.33. The van der Waals surface area contributed by atoms with Crippen LogP contribution in [0.1, 0.15) is 87.1 Å². The Hall–Kier alpha value is -1.88. The highest BCUT2D eigenvalue weighted by Crippen LogP contribution is 2.36. The van der Waals surface area contributed by atoms with Gasteiger partial charge in [0.2, 0.25) is 0 Å². The molecule has 1 fully saturated rings. The molecule has 0 bridgehead atoms. The molecule has 3 atom stereocenters. The summed E-state index contributed by atoms with van der Waals surface area (Å²) in [6, 6.07) is 16.6. The zero-order valence-corrected chi connectivity index (χ0v) is 24.1. The lowest BCUT2D eigenvalue weighted by Crippen LogP contribution is -2.35. The first-order chi connectivity index (χ1) is 17.9. The van der Waals surface area contributed by atoms with E-state index in [1.807, 2.05) is 0 Å². The summed E-state index contributed by atoms with van der Waals surface area (Å²) in [6.45, 7) is 16.4. The van der Waals surface area contributed by atoms with E-state index in [1.54, 1.807) is 16.7 Å². The van der Waals surface area contributed by atoms with Crippen LogP contribution in [0.25, 0.3) is 0 Å². The minimum atomic E-state index is 0.599. The van der Waals surface area contributed by atoms with Crippen LogP contribution in [0.4, 0.5) is 5.69 Å². The van der Waals surface area contributed by atoms with E-state index >= 15 is 0 Å². The molecule has 2 aromatic rings. The first-order valence-electron chi connectivity index (χ1n) is 15.1. The second-order valence-electron chi connectivity index (χ2n) is 12.4. The van der Waals surface area contributed by atoms with Crippen LogP contribution in [0.15, 0.2) is 36.4 Å². The lowest BCUT2D eigenvalue weighted by atomic mass is 9.91. The van der Waals surface area contributed by atoms with Crippen molar-refractivity contribution >= 4 is 5.69 Å². The van der Waals surface area contributed by atoms with Crippen LogP contribution in [0.3, 0.4) is 0 Å². The monoisotopic (exact) mass is 502 g/mol. The van der Waals surface area contributed by atoms with Gasteiger partial charge in [0.05, 0.1) is 0 Å². The van der Waals surface area contributed by atoms with Gasteiger partial charge in [0, 0.05) is 43.4 Å². The van der Waals surface area contributed by atoms with Crippen LogP contribution in [0.2, 0.25) is 0 Å². The maximum atomic E-state index is 3.33. The summed E-state index contributed by atoms with van der Waals surface area (Å²) in [4.78, 5) is 8.01. The van der Waals surface area contributed by atoms with Crippen molar-refractivity contribution in [3.8, 4) is 0 Å². The minimum absolute atomic E-state index is 0.599. The molecule has 2 aromatic carbocycles. The van der Waals surface area contributed by atoms with E-state index in [1.165, 1.54) is 68.6 Å². The fourth-order valence-corrected chi connectivity index (χ4v) is 6.97. The van der Waals surface area contributed by atoms with E-state index in [0.29, 0.717) is 24.0 Å². The molecule has 0 spiro atoms. The van der Waals surface area contributed by atoms with E-state index in [0.717, 1.165) is 26.1 Å². The number of hydrogen-bond donors (Lipinski definition) is 1. The van der Waals surface area contributed by atoms with Crippen molar-refractivity contribution in [2.75, 3.05) is 38.1 Å². The van der Waals surface area contributed by atoms with Crippen molar-refractivity contribution in [2.45, 2.75) is 103 Å². The molecule has 0 amide bonds. The second kappa shape index (κ2) is 11.9. The predicted molar refractivity (Wildman–Crippen MR) is 158 cm³/mol. The zero-order valence-electron chi connectivity index (χ0n) is 24.1. The van der Waals surface area contributed by atoms with Gasteiger partial charge < -0.3 is 15.1 Å². The molecular formula is C33H50N4. The largest absolute Gasteiger partial charge is 0.368 e. The molecule has 4 heteroatoms. The molecule has 3 aliphatic rings. The van der Waals surface area contributed by atoms with Crippen molar-refractivity contribution < 1.29 is 0 Å². The summed E-state index contributed by atoms with van der Waals surface area (Å²) in [6.07, 6.45) is 7.48. The minimum Gasteiger partial charge on any atom is -0.368 e. The van der Waals surface area contributed by atoms with Gasteiger partial charge in [0.25, 0.3) is 0 Å². The number of rotatable bonds is 9. The van der Waals surface area contributed by atoms with Gasteiger partial charge in [-0.15, -0.1) is 0 Å². The Morgan fingerprint density at radius 1 is 0.838 bits per heavy atom. The Morgan fingerprint density at radius 3 is 2.46 bits per heavy atom. The number of benzene rings is 2. The molecule has 0 saturated carbocycles. The molecule has 4 nitrogen and oxygen atoms in total. The molecule has 3 heterocycles. The molecule has 37 heavy (non-hydrogen) atoms. The summed E-state index contributed by atoms with van der Waals surface area (Å²) in [5, 5.41) is 3.33. The molecule has 3 unspecified atom stereocenters. The Labute approximate surface area is 226 Å². The molecule has 0 aliphatic carbocycles. The molecule has 0 radical (unpaired) electrons. The van der Waals surface area contributed by atoms with Gasteiger partial charge in [-0.25, -0.2) is 0 Å². The molecule has 202 valence electrons. The molecule has 1 N–H and O–H groups in total. The average Bonchev–Trinajstić information content (AvgIpc) is 3.43. The van der Waals surface area contributed by atoms with E-state index in [-0.39, 0.29) is 0 Å². The van der Waals surface area contributed by atoms with Crippen molar-refractivity contribution in [3.63, 3.8) is 0 Å². The Kier molecular flexibility index (Phi) is 8.58. The number of nitrogens with one attached hydrogen (secondary N) is 1. The van der Waals surface area contributed by atoms with Crippen LogP contribution in [-0.4, -0.2) is 61.2 Å². The third kappa shape index (κ3) is 6.08. The standard InChI is InChI=1S/C33H50N4/c1-24(2)36-22-31-9-8-27(20-32(31)23-36)19-26(4)35-16-6-7-28(13-17-35)30-11-10-29-14-18-37(33(29)21-30)25(3)12-15-34-5/h8-11,20-21,24-26,28,34H,6-7,12-19,22-23H2,1-5H3. The van der Waals surface area contributed by atoms with Gasteiger partial charge in [0.15, 0.2) is 0 Å². The lowest BCUT2D eigenvalue weighted by molar-refractivity contribution is 0.215. The number of nitrogens with zero attached hydrogens (tertiary/aromatic N) is 3. The Balaban J connectivity index is 1.19. The number of anilines is 1. The molecule has 5 rings (SSSR count). The van der Waals surface area contributed by atoms with Crippen molar-refractivity contribution in [3.05, 3.63) is 64.2 Å². The molecular weight excluding hydrogens is 452 g/mol. The summed E-state index contributed by atoms with van der Waals surface area (Å²) >= 11 is 0. The summed E-state index contributed by atoms with van der Waals surface area (Å²) in [5.41, 5.74) is 9.25. The maximum Gasteiger partial charge on any atom is 0.0404 e. The first-order valence-corrected chi connectivity index (χ1v) is 15.1. The van der Waals surface area contributed by atoms with E-state index in [9.17, 15) is 0 Å².